The Labute approximate surface area is 129 Å². The number of carbonyl (C=O) groups excluding carboxylic acids is 1. The first-order chi connectivity index (χ1) is 10.8. The fourth-order valence-electron chi connectivity index (χ4n) is 2.95. The Morgan fingerprint density at radius 3 is 2.41 bits per heavy atom. The molecule has 1 aliphatic carbocycles. The summed E-state index contributed by atoms with van der Waals surface area (Å²) in [4.78, 5) is 12.3. The number of carbonyl (C=O) groups is 1. The van der Waals surface area contributed by atoms with Gasteiger partial charge in [-0.25, -0.2) is 0 Å². The topological polar surface area (TPSA) is 26.3 Å². The van der Waals surface area contributed by atoms with Gasteiger partial charge in [0, 0.05) is 0 Å². The summed E-state index contributed by atoms with van der Waals surface area (Å²) in [6.07, 6.45) is 0.885. The minimum Gasteiger partial charge on any atom is -0.426 e. The van der Waals surface area contributed by atoms with E-state index in [1.54, 1.807) is 0 Å². The van der Waals surface area contributed by atoms with Crippen molar-refractivity contribution >= 4 is 16.7 Å². The number of benzene rings is 3. The van der Waals surface area contributed by atoms with Crippen LogP contribution in [0.25, 0.3) is 10.8 Å². The van der Waals surface area contributed by atoms with Gasteiger partial charge in [0.2, 0.25) is 0 Å². The Kier molecular flexibility index (Phi) is 3.15. The molecular weight excluding hydrogens is 272 g/mol. The molecule has 3 aromatic carbocycles. The summed E-state index contributed by atoms with van der Waals surface area (Å²) >= 11 is 0. The molecule has 1 saturated carbocycles. The van der Waals surface area contributed by atoms with Gasteiger partial charge in [0.05, 0.1) is 5.92 Å². The molecule has 0 saturated heterocycles. The molecule has 2 heteroatoms. The zero-order valence-electron chi connectivity index (χ0n) is 12.1. The molecule has 0 radical (unpaired) electrons. The van der Waals surface area contributed by atoms with Crippen LogP contribution in [0.3, 0.4) is 0 Å². The molecule has 0 spiro atoms. The summed E-state index contributed by atoms with van der Waals surface area (Å²) in [6.45, 7) is 0. The number of fused-ring (bicyclic) bond motifs is 1. The van der Waals surface area contributed by atoms with E-state index in [1.165, 1.54) is 5.56 Å². The average Bonchev–Trinajstić information content (AvgIpc) is 3.36. The second-order valence-corrected chi connectivity index (χ2v) is 5.79. The average molecular weight is 288 g/mol. The summed E-state index contributed by atoms with van der Waals surface area (Å²) in [7, 11) is 0. The van der Waals surface area contributed by atoms with Crippen molar-refractivity contribution in [2.75, 3.05) is 0 Å². The number of hydrogen-bond acceptors (Lipinski definition) is 2. The zero-order valence-corrected chi connectivity index (χ0v) is 12.1. The Hall–Kier alpha value is -2.61. The second kappa shape index (κ2) is 5.30. The van der Waals surface area contributed by atoms with Gasteiger partial charge in [-0.1, -0.05) is 60.7 Å². The van der Waals surface area contributed by atoms with Gasteiger partial charge in [0.15, 0.2) is 0 Å². The van der Waals surface area contributed by atoms with Crippen LogP contribution in [-0.4, -0.2) is 5.97 Å². The van der Waals surface area contributed by atoms with E-state index in [0.29, 0.717) is 11.7 Å². The molecule has 0 aromatic heterocycles. The van der Waals surface area contributed by atoms with Crippen molar-refractivity contribution < 1.29 is 9.53 Å². The van der Waals surface area contributed by atoms with E-state index in [0.717, 1.165) is 17.2 Å². The third-order valence-electron chi connectivity index (χ3n) is 4.26. The van der Waals surface area contributed by atoms with E-state index in [4.69, 9.17) is 4.74 Å². The lowest BCUT2D eigenvalue weighted by Gasteiger charge is -2.05. The first-order valence-electron chi connectivity index (χ1n) is 7.57. The van der Waals surface area contributed by atoms with Gasteiger partial charge in [-0.05, 0) is 40.8 Å². The van der Waals surface area contributed by atoms with Crippen molar-refractivity contribution in [1.82, 2.24) is 0 Å². The van der Waals surface area contributed by atoms with Crippen LogP contribution < -0.4 is 4.74 Å². The van der Waals surface area contributed by atoms with Crippen LogP contribution in [-0.2, 0) is 4.79 Å². The van der Waals surface area contributed by atoms with Gasteiger partial charge in [0.1, 0.15) is 5.75 Å². The van der Waals surface area contributed by atoms with Crippen molar-refractivity contribution in [2.24, 2.45) is 5.92 Å². The summed E-state index contributed by atoms with van der Waals surface area (Å²) in [5, 5.41) is 2.24. The van der Waals surface area contributed by atoms with Gasteiger partial charge < -0.3 is 4.74 Å². The molecule has 0 N–H and O–H groups in total. The first-order valence-corrected chi connectivity index (χ1v) is 7.57. The van der Waals surface area contributed by atoms with Crippen molar-refractivity contribution in [1.29, 1.82) is 0 Å². The monoisotopic (exact) mass is 288 g/mol. The van der Waals surface area contributed by atoms with Gasteiger partial charge in [0.25, 0.3) is 0 Å². The molecule has 108 valence electrons. The summed E-state index contributed by atoms with van der Waals surface area (Å²) in [6, 6.07) is 24.0. The van der Waals surface area contributed by atoms with Crippen LogP contribution >= 0.6 is 0 Å². The van der Waals surface area contributed by atoms with Crippen LogP contribution in [0.15, 0.2) is 72.8 Å². The molecule has 4 rings (SSSR count). The van der Waals surface area contributed by atoms with Crippen molar-refractivity contribution in [2.45, 2.75) is 12.3 Å². The van der Waals surface area contributed by atoms with E-state index in [-0.39, 0.29) is 11.9 Å². The predicted molar refractivity (Wildman–Crippen MR) is 86.9 cm³/mol. The fraction of sp³-hybridized carbons (Fsp3) is 0.150. The summed E-state index contributed by atoms with van der Waals surface area (Å²) in [5.74, 6) is 0.814. The molecule has 0 unspecified atom stereocenters. The normalized spacial score (nSPS) is 19.8. The summed E-state index contributed by atoms with van der Waals surface area (Å²) < 4.78 is 5.56. The predicted octanol–water partition coefficient (Wildman–Crippen LogP) is 4.55. The third kappa shape index (κ3) is 2.48. The third-order valence-corrected chi connectivity index (χ3v) is 4.26. The molecule has 0 heterocycles. The van der Waals surface area contributed by atoms with Gasteiger partial charge in [-0.2, -0.15) is 0 Å². The van der Waals surface area contributed by atoms with Crippen molar-refractivity contribution in [3.8, 4) is 5.75 Å². The molecule has 22 heavy (non-hydrogen) atoms. The Bertz CT molecular complexity index is 823. The zero-order chi connectivity index (χ0) is 14.9. The standard InChI is InChI=1S/C20H16O2/c21-20(19-13-18(19)15-7-2-1-3-8-15)22-17-11-10-14-6-4-5-9-16(14)12-17/h1-12,18-19H,13H2/t18-,19+/m1/s1. The minimum atomic E-state index is -0.121. The maximum Gasteiger partial charge on any atom is 0.314 e. The van der Waals surface area contributed by atoms with E-state index in [1.807, 2.05) is 60.7 Å². The lowest BCUT2D eigenvalue weighted by molar-refractivity contribution is -0.135. The molecule has 1 aliphatic rings. The number of rotatable bonds is 3. The molecular formula is C20H16O2. The molecule has 0 aliphatic heterocycles. The molecule has 2 atom stereocenters. The Morgan fingerprint density at radius 1 is 0.864 bits per heavy atom. The molecule has 0 bridgehead atoms. The van der Waals surface area contributed by atoms with Gasteiger partial charge >= 0.3 is 5.97 Å². The smallest absolute Gasteiger partial charge is 0.314 e. The summed E-state index contributed by atoms with van der Waals surface area (Å²) in [5.41, 5.74) is 1.22. The molecule has 0 amide bonds. The van der Waals surface area contributed by atoms with Crippen LogP contribution in [0.2, 0.25) is 0 Å². The van der Waals surface area contributed by atoms with Crippen LogP contribution in [0.1, 0.15) is 17.9 Å². The highest BCUT2D eigenvalue weighted by molar-refractivity contribution is 5.85. The maximum atomic E-state index is 12.3. The van der Waals surface area contributed by atoms with E-state index in [2.05, 4.69) is 12.1 Å². The number of hydrogen-bond donors (Lipinski definition) is 0. The van der Waals surface area contributed by atoms with Crippen LogP contribution in [0, 0.1) is 5.92 Å². The van der Waals surface area contributed by atoms with Crippen molar-refractivity contribution in [3.05, 3.63) is 78.4 Å². The maximum absolute atomic E-state index is 12.3. The van der Waals surface area contributed by atoms with Gasteiger partial charge in [-0.3, -0.25) is 4.79 Å². The number of ether oxygens (including phenoxy) is 1. The first kappa shape index (κ1) is 13.1. The van der Waals surface area contributed by atoms with Gasteiger partial charge in [-0.15, -0.1) is 0 Å². The second-order valence-electron chi connectivity index (χ2n) is 5.79. The lowest BCUT2D eigenvalue weighted by atomic mass is 10.1. The number of esters is 1. The van der Waals surface area contributed by atoms with Crippen LogP contribution in [0.4, 0.5) is 0 Å². The Morgan fingerprint density at radius 2 is 1.59 bits per heavy atom. The van der Waals surface area contributed by atoms with E-state index < -0.39 is 0 Å². The van der Waals surface area contributed by atoms with Crippen molar-refractivity contribution in [3.63, 3.8) is 0 Å². The lowest BCUT2D eigenvalue weighted by Crippen LogP contribution is -2.11. The van der Waals surface area contributed by atoms with E-state index >= 15 is 0 Å². The highest BCUT2D eigenvalue weighted by Crippen LogP contribution is 2.48. The quantitative estimate of drug-likeness (QED) is 0.522. The molecule has 2 nitrogen and oxygen atoms in total. The van der Waals surface area contributed by atoms with E-state index in [9.17, 15) is 4.79 Å². The largest absolute Gasteiger partial charge is 0.426 e. The van der Waals surface area contributed by atoms with Crippen LogP contribution in [0.5, 0.6) is 5.75 Å². The fourth-order valence-corrected chi connectivity index (χ4v) is 2.95. The SMILES string of the molecule is O=C(Oc1ccc2ccccc2c1)[C@H]1C[C@@H]1c1ccccc1. The molecule has 3 aromatic rings. The highest BCUT2D eigenvalue weighted by Gasteiger charge is 2.45. The minimum absolute atomic E-state index is 0.00568. The molecule has 1 fully saturated rings. The highest BCUT2D eigenvalue weighted by atomic mass is 16.5. The Balaban J connectivity index is 1.48.